The van der Waals surface area contributed by atoms with Crippen LogP contribution in [-0.2, 0) is 16.0 Å². The van der Waals surface area contributed by atoms with Crippen molar-refractivity contribution >= 4 is 17.6 Å². The zero-order valence-corrected chi connectivity index (χ0v) is 14.6. The van der Waals surface area contributed by atoms with Gasteiger partial charge in [-0.2, -0.15) is 9.78 Å². The number of aryl methyl sites for hydroxylation is 1. The first kappa shape index (κ1) is 18.1. The molecule has 0 saturated carbocycles. The first-order chi connectivity index (χ1) is 13.0. The van der Waals surface area contributed by atoms with Crippen LogP contribution in [0.25, 0.3) is 5.95 Å². The quantitative estimate of drug-likeness (QED) is 0.579. The van der Waals surface area contributed by atoms with E-state index in [1.807, 2.05) is 6.07 Å². The van der Waals surface area contributed by atoms with Gasteiger partial charge in [0.25, 0.3) is 5.95 Å². The Morgan fingerprint density at radius 1 is 1.11 bits per heavy atom. The Hall–Kier alpha value is -3.75. The number of rotatable bonds is 5. The molecule has 1 aromatic carbocycles. The summed E-state index contributed by atoms with van der Waals surface area (Å²) >= 11 is 0. The third-order valence-corrected chi connectivity index (χ3v) is 3.63. The number of hydrogen-bond donors (Lipinski definition) is 3. The summed E-state index contributed by atoms with van der Waals surface area (Å²) in [5, 5.41) is 18.7. The zero-order valence-electron chi connectivity index (χ0n) is 14.6. The van der Waals surface area contributed by atoms with Crippen molar-refractivity contribution < 1.29 is 14.7 Å². The van der Waals surface area contributed by atoms with Crippen LogP contribution in [0.3, 0.4) is 0 Å². The van der Waals surface area contributed by atoms with Crippen molar-refractivity contribution in [3.63, 3.8) is 0 Å². The molecule has 2 amide bonds. The van der Waals surface area contributed by atoms with Crippen molar-refractivity contribution in [3.8, 4) is 11.7 Å². The maximum absolute atomic E-state index is 12.2. The van der Waals surface area contributed by atoms with Crippen molar-refractivity contribution in [3.05, 3.63) is 60.0 Å². The molecule has 3 N–H and O–H groups in total. The molecule has 0 bridgehead atoms. The van der Waals surface area contributed by atoms with Gasteiger partial charge < -0.3 is 15.7 Å². The van der Waals surface area contributed by atoms with Crippen LogP contribution < -0.4 is 10.6 Å². The van der Waals surface area contributed by atoms with E-state index < -0.39 is 11.8 Å². The first-order valence-electron chi connectivity index (χ1n) is 8.24. The molecule has 9 nitrogen and oxygen atoms in total. The normalized spacial score (nSPS) is 10.4. The molecular weight excluding hydrogens is 348 g/mol. The van der Waals surface area contributed by atoms with E-state index in [1.54, 1.807) is 49.6 Å². The minimum Gasteiger partial charge on any atom is -0.508 e. The number of phenolic OH excluding ortho intramolecular Hbond substituents is 1. The smallest absolute Gasteiger partial charge is 0.314 e. The highest BCUT2D eigenvalue weighted by Crippen LogP contribution is 2.14. The summed E-state index contributed by atoms with van der Waals surface area (Å²) in [5.74, 6) is -0.849. The van der Waals surface area contributed by atoms with Gasteiger partial charge in [0, 0.05) is 25.0 Å². The van der Waals surface area contributed by atoms with Crippen LogP contribution in [0.4, 0.5) is 5.82 Å². The van der Waals surface area contributed by atoms with Crippen molar-refractivity contribution in [2.75, 3.05) is 11.9 Å². The second kappa shape index (κ2) is 8.09. The summed E-state index contributed by atoms with van der Waals surface area (Å²) in [7, 11) is 0. The number of amides is 2. The van der Waals surface area contributed by atoms with E-state index in [2.05, 4.69) is 25.7 Å². The fourth-order valence-corrected chi connectivity index (χ4v) is 2.43. The van der Waals surface area contributed by atoms with E-state index in [-0.39, 0.29) is 18.2 Å². The standard InChI is InChI=1S/C18H18N6O3/c1-12-10-15(24(23-12)18-20-7-3-8-21-18)22-17(27)16(26)19-9-6-13-4-2-5-14(25)11-13/h2-5,7-8,10-11,25H,6,9H2,1H3,(H,19,26)(H,22,27). The number of nitrogens with one attached hydrogen (secondary N) is 2. The molecule has 138 valence electrons. The van der Waals surface area contributed by atoms with E-state index in [0.29, 0.717) is 17.9 Å². The third-order valence-electron chi connectivity index (χ3n) is 3.63. The summed E-state index contributed by atoms with van der Waals surface area (Å²) in [6.07, 6.45) is 3.60. The molecule has 0 aliphatic heterocycles. The average molecular weight is 366 g/mol. The van der Waals surface area contributed by atoms with Crippen molar-refractivity contribution in [2.45, 2.75) is 13.3 Å². The Morgan fingerprint density at radius 2 is 1.89 bits per heavy atom. The van der Waals surface area contributed by atoms with Gasteiger partial charge in [-0.25, -0.2) is 9.97 Å². The number of carbonyl (C=O) groups is 2. The fraction of sp³-hybridized carbons (Fsp3) is 0.167. The Morgan fingerprint density at radius 3 is 2.63 bits per heavy atom. The molecule has 0 saturated heterocycles. The van der Waals surface area contributed by atoms with Crippen molar-refractivity contribution in [1.29, 1.82) is 0 Å². The topological polar surface area (TPSA) is 122 Å². The maximum Gasteiger partial charge on any atom is 0.314 e. The van der Waals surface area contributed by atoms with E-state index >= 15 is 0 Å². The van der Waals surface area contributed by atoms with Crippen LogP contribution in [0.15, 0.2) is 48.8 Å². The molecule has 2 aromatic heterocycles. The van der Waals surface area contributed by atoms with Gasteiger partial charge in [-0.05, 0) is 37.1 Å². The van der Waals surface area contributed by atoms with Crippen molar-refractivity contribution in [2.24, 2.45) is 0 Å². The minimum absolute atomic E-state index is 0.156. The van der Waals surface area contributed by atoms with Crippen LogP contribution in [0, 0.1) is 6.92 Å². The van der Waals surface area contributed by atoms with Gasteiger partial charge in [0.05, 0.1) is 5.69 Å². The lowest BCUT2D eigenvalue weighted by Gasteiger charge is -2.08. The van der Waals surface area contributed by atoms with E-state index in [1.165, 1.54) is 4.68 Å². The van der Waals surface area contributed by atoms with Crippen LogP contribution in [0.1, 0.15) is 11.3 Å². The Kier molecular flexibility index (Phi) is 5.41. The summed E-state index contributed by atoms with van der Waals surface area (Å²) < 4.78 is 1.35. The molecule has 0 aliphatic carbocycles. The highest BCUT2D eigenvalue weighted by Gasteiger charge is 2.17. The summed E-state index contributed by atoms with van der Waals surface area (Å²) in [6.45, 7) is 2.01. The number of anilines is 1. The molecule has 0 aliphatic rings. The lowest BCUT2D eigenvalue weighted by Crippen LogP contribution is -2.37. The second-order valence-corrected chi connectivity index (χ2v) is 5.76. The predicted molar refractivity (Wildman–Crippen MR) is 97.3 cm³/mol. The van der Waals surface area contributed by atoms with Crippen LogP contribution in [0.5, 0.6) is 5.75 Å². The van der Waals surface area contributed by atoms with Crippen LogP contribution in [-0.4, -0.2) is 43.2 Å². The van der Waals surface area contributed by atoms with E-state index in [9.17, 15) is 14.7 Å². The molecule has 0 fully saturated rings. The molecule has 0 spiro atoms. The van der Waals surface area contributed by atoms with Gasteiger partial charge in [0.1, 0.15) is 11.6 Å². The number of benzene rings is 1. The van der Waals surface area contributed by atoms with Crippen LogP contribution >= 0.6 is 0 Å². The number of hydrogen-bond acceptors (Lipinski definition) is 6. The predicted octanol–water partition coefficient (Wildman–Crippen LogP) is 0.974. The molecule has 2 heterocycles. The fourth-order valence-electron chi connectivity index (χ4n) is 2.43. The molecular formula is C18H18N6O3. The molecule has 0 atom stereocenters. The molecule has 3 aromatic rings. The lowest BCUT2D eigenvalue weighted by atomic mass is 10.1. The first-order valence-corrected chi connectivity index (χ1v) is 8.24. The number of nitrogens with zero attached hydrogens (tertiary/aromatic N) is 4. The minimum atomic E-state index is -0.817. The molecule has 9 heteroatoms. The van der Waals surface area contributed by atoms with Gasteiger partial charge in [0.2, 0.25) is 0 Å². The number of aromatic hydroxyl groups is 1. The zero-order chi connectivity index (χ0) is 19.2. The third kappa shape index (κ3) is 4.66. The van der Waals surface area contributed by atoms with Crippen LogP contribution in [0.2, 0.25) is 0 Å². The molecule has 27 heavy (non-hydrogen) atoms. The number of aromatic nitrogens is 4. The Labute approximate surface area is 155 Å². The Balaban J connectivity index is 1.59. The van der Waals surface area contributed by atoms with Gasteiger partial charge in [-0.3, -0.25) is 9.59 Å². The maximum atomic E-state index is 12.2. The van der Waals surface area contributed by atoms with Gasteiger partial charge >= 0.3 is 11.8 Å². The van der Waals surface area contributed by atoms with Gasteiger partial charge in [-0.1, -0.05) is 12.1 Å². The van der Waals surface area contributed by atoms with E-state index in [0.717, 1.165) is 5.56 Å². The number of carbonyl (C=O) groups excluding carboxylic acids is 2. The monoisotopic (exact) mass is 366 g/mol. The second-order valence-electron chi connectivity index (χ2n) is 5.76. The van der Waals surface area contributed by atoms with Gasteiger partial charge in [-0.15, -0.1) is 0 Å². The van der Waals surface area contributed by atoms with Gasteiger partial charge in [0.15, 0.2) is 0 Å². The number of phenols is 1. The molecule has 0 radical (unpaired) electrons. The largest absolute Gasteiger partial charge is 0.508 e. The highest BCUT2D eigenvalue weighted by atomic mass is 16.3. The van der Waals surface area contributed by atoms with Crippen molar-refractivity contribution in [1.82, 2.24) is 25.1 Å². The van der Waals surface area contributed by atoms with E-state index in [4.69, 9.17) is 0 Å². The summed E-state index contributed by atoms with van der Waals surface area (Å²) in [6, 6.07) is 10.00. The SMILES string of the molecule is Cc1cc(NC(=O)C(=O)NCCc2cccc(O)c2)n(-c2ncccn2)n1. The highest BCUT2D eigenvalue weighted by molar-refractivity contribution is 6.39. The lowest BCUT2D eigenvalue weighted by molar-refractivity contribution is -0.136. The summed E-state index contributed by atoms with van der Waals surface area (Å²) in [4.78, 5) is 32.3. The molecule has 3 rings (SSSR count). The Bertz CT molecular complexity index is 955. The average Bonchev–Trinajstić information content (AvgIpc) is 3.02. The summed E-state index contributed by atoms with van der Waals surface area (Å²) in [5.41, 5.74) is 1.49. The molecule has 0 unspecified atom stereocenters.